The van der Waals surface area contributed by atoms with Gasteiger partial charge in [0.05, 0.1) is 17.1 Å². The number of fused-ring (bicyclic) bond motifs is 1. The highest BCUT2D eigenvalue weighted by Gasteiger charge is 2.34. The SMILES string of the molecule is C#Cc1ccc(-c2c(C3=CC[C@@H](C(=O)N4CCC[C@H]4C#N)CC3)c3c(N)ncnc3n2C)c(C)n1. The molecule has 0 bridgehead atoms. The molecule has 2 atom stereocenters. The van der Waals surface area contributed by atoms with Crippen molar-refractivity contribution >= 4 is 28.3 Å². The smallest absolute Gasteiger partial charge is 0.227 e. The molecular formula is C27H27N7O. The van der Waals surface area contributed by atoms with Gasteiger partial charge in [0.1, 0.15) is 29.5 Å². The molecule has 3 aromatic rings. The number of pyridine rings is 1. The summed E-state index contributed by atoms with van der Waals surface area (Å²) >= 11 is 0. The normalized spacial score (nSPS) is 19.9. The van der Waals surface area contributed by atoms with Gasteiger partial charge in [-0.25, -0.2) is 15.0 Å². The monoisotopic (exact) mass is 465 g/mol. The van der Waals surface area contributed by atoms with Gasteiger partial charge < -0.3 is 15.2 Å². The number of aryl methyl sites for hydroxylation is 2. The second-order valence-corrected chi connectivity index (χ2v) is 9.23. The molecule has 0 radical (unpaired) electrons. The molecule has 176 valence electrons. The van der Waals surface area contributed by atoms with Crippen molar-refractivity contribution in [1.82, 2.24) is 24.4 Å². The Balaban J connectivity index is 1.58. The van der Waals surface area contributed by atoms with Gasteiger partial charge in [0.2, 0.25) is 5.91 Å². The van der Waals surface area contributed by atoms with E-state index < -0.39 is 0 Å². The summed E-state index contributed by atoms with van der Waals surface area (Å²) < 4.78 is 2.03. The zero-order valence-electron chi connectivity index (χ0n) is 20.0. The predicted molar refractivity (Wildman–Crippen MR) is 134 cm³/mol. The highest BCUT2D eigenvalue weighted by atomic mass is 16.2. The zero-order valence-corrected chi connectivity index (χ0v) is 20.0. The topological polar surface area (TPSA) is 114 Å². The molecule has 1 aliphatic heterocycles. The standard InChI is InChI=1S/C27H27N7O/c1-4-19-11-12-21(16(2)32-19)24-22(23-25(29)30-15-31-26(23)33(24)3)17-7-9-18(10-8-17)27(35)34-13-5-6-20(34)14-28/h1,7,11-12,15,18,20H,5-6,8-10,13H2,2-3H3,(H2,29,30,31)/t18-,20+/m1/s1. The number of terminal acetylenes is 1. The summed E-state index contributed by atoms with van der Waals surface area (Å²) in [5.41, 5.74) is 12.5. The lowest BCUT2D eigenvalue weighted by Crippen LogP contribution is -2.39. The Morgan fingerprint density at radius 2 is 2.11 bits per heavy atom. The average molecular weight is 466 g/mol. The molecule has 0 aromatic carbocycles. The molecule has 35 heavy (non-hydrogen) atoms. The van der Waals surface area contributed by atoms with Crippen LogP contribution in [0, 0.1) is 36.5 Å². The number of aromatic nitrogens is 4. The highest BCUT2D eigenvalue weighted by Crippen LogP contribution is 2.43. The molecule has 0 spiro atoms. The van der Waals surface area contributed by atoms with Crippen LogP contribution in [0.1, 0.15) is 49.1 Å². The number of hydrogen-bond donors (Lipinski definition) is 1. The van der Waals surface area contributed by atoms with Crippen molar-refractivity contribution < 1.29 is 4.79 Å². The third-order valence-electron chi connectivity index (χ3n) is 7.25. The number of allylic oxidation sites excluding steroid dienone is 2. The van der Waals surface area contributed by atoms with Gasteiger partial charge in [0.25, 0.3) is 0 Å². The molecule has 1 saturated heterocycles. The Labute approximate surface area is 204 Å². The van der Waals surface area contributed by atoms with Crippen molar-refractivity contribution in [3.63, 3.8) is 0 Å². The Morgan fingerprint density at radius 3 is 2.80 bits per heavy atom. The van der Waals surface area contributed by atoms with E-state index in [1.807, 2.05) is 30.7 Å². The molecule has 8 heteroatoms. The van der Waals surface area contributed by atoms with E-state index in [0.717, 1.165) is 64.8 Å². The Bertz CT molecular complexity index is 1450. The molecule has 1 aliphatic carbocycles. The van der Waals surface area contributed by atoms with Crippen molar-refractivity contribution in [1.29, 1.82) is 5.26 Å². The van der Waals surface area contributed by atoms with E-state index in [-0.39, 0.29) is 17.9 Å². The number of likely N-dealkylation sites (tertiary alicyclic amines) is 1. The first-order chi connectivity index (χ1) is 16.9. The van der Waals surface area contributed by atoms with Crippen LogP contribution >= 0.6 is 0 Å². The number of nitrogen functional groups attached to an aromatic ring is 1. The second-order valence-electron chi connectivity index (χ2n) is 9.23. The van der Waals surface area contributed by atoms with Gasteiger partial charge >= 0.3 is 0 Å². The first-order valence-corrected chi connectivity index (χ1v) is 11.9. The zero-order chi connectivity index (χ0) is 24.7. The third kappa shape index (κ3) is 3.72. The fourth-order valence-electron chi connectivity index (χ4n) is 5.48. The van der Waals surface area contributed by atoms with Gasteiger partial charge in [-0.05, 0) is 56.7 Å². The van der Waals surface area contributed by atoms with Gasteiger partial charge in [-0.2, -0.15) is 5.26 Å². The van der Waals surface area contributed by atoms with E-state index in [0.29, 0.717) is 24.5 Å². The molecule has 0 unspecified atom stereocenters. The van der Waals surface area contributed by atoms with Crippen LogP contribution in [-0.2, 0) is 11.8 Å². The Hall–Kier alpha value is -4.17. The Morgan fingerprint density at radius 1 is 1.29 bits per heavy atom. The highest BCUT2D eigenvalue weighted by molar-refractivity contribution is 6.04. The van der Waals surface area contributed by atoms with Gasteiger partial charge in [-0.15, -0.1) is 6.42 Å². The maximum absolute atomic E-state index is 13.2. The van der Waals surface area contributed by atoms with Crippen LogP contribution in [0.25, 0.3) is 27.9 Å². The molecule has 1 amide bonds. The molecule has 4 heterocycles. The Kier molecular flexibility index (Phi) is 5.74. The van der Waals surface area contributed by atoms with Crippen molar-refractivity contribution in [2.24, 2.45) is 13.0 Å². The van der Waals surface area contributed by atoms with Gasteiger partial charge in [-0.3, -0.25) is 4.79 Å². The minimum atomic E-state index is -0.295. The molecule has 2 aliphatic rings. The van der Waals surface area contributed by atoms with E-state index >= 15 is 0 Å². The van der Waals surface area contributed by atoms with Crippen LogP contribution in [0.5, 0.6) is 0 Å². The summed E-state index contributed by atoms with van der Waals surface area (Å²) in [6.07, 6.45) is 12.9. The number of rotatable bonds is 3. The van der Waals surface area contributed by atoms with Gasteiger partial charge in [0, 0.05) is 36.3 Å². The molecule has 3 aromatic heterocycles. The first-order valence-electron chi connectivity index (χ1n) is 11.9. The van der Waals surface area contributed by atoms with Gasteiger partial charge in [0.15, 0.2) is 0 Å². The predicted octanol–water partition coefficient (Wildman–Crippen LogP) is 3.60. The summed E-state index contributed by atoms with van der Waals surface area (Å²) in [7, 11) is 1.97. The minimum Gasteiger partial charge on any atom is -0.383 e. The maximum atomic E-state index is 13.2. The fourth-order valence-corrected chi connectivity index (χ4v) is 5.48. The number of nitrogens with zero attached hydrogens (tertiary/aromatic N) is 6. The van der Waals surface area contributed by atoms with Crippen LogP contribution < -0.4 is 5.73 Å². The number of anilines is 1. The summed E-state index contributed by atoms with van der Waals surface area (Å²) in [4.78, 5) is 28.3. The number of hydrogen-bond acceptors (Lipinski definition) is 6. The number of carbonyl (C=O) groups is 1. The van der Waals surface area contributed by atoms with E-state index in [4.69, 9.17) is 12.2 Å². The lowest BCUT2D eigenvalue weighted by molar-refractivity contribution is -0.135. The number of amides is 1. The average Bonchev–Trinajstić information content (AvgIpc) is 3.47. The molecule has 0 saturated carbocycles. The van der Waals surface area contributed by atoms with Crippen LogP contribution in [0.4, 0.5) is 5.82 Å². The number of carbonyl (C=O) groups excluding carboxylic acids is 1. The lowest BCUT2D eigenvalue weighted by atomic mass is 9.84. The van der Waals surface area contributed by atoms with E-state index in [1.165, 1.54) is 6.33 Å². The molecule has 5 rings (SSSR count). The maximum Gasteiger partial charge on any atom is 0.227 e. The summed E-state index contributed by atoms with van der Waals surface area (Å²) in [5.74, 6) is 2.99. The largest absolute Gasteiger partial charge is 0.383 e. The van der Waals surface area contributed by atoms with E-state index in [2.05, 4.69) is 33.0 Å². The second kappa shape index (κ2) is 8.88. The van der Waals surface area contributed by atoms with Crippen molar-refractivity contribution in [2.75, 3.05) is 12.3 Å². The lowest BCUT2D eigenvalue weighted by Gasteiger charge is -2.28. The summed E-state index contributed by atoms with van der Waals surface area (Å²) in [5, 5.41) is 10.2. The van der Waals surface area contributed by atoms with E-state index in [9.17, 15) is 10.1 Å². The van der Waals surface area contributed by atoms with Gasteiger partial charge in [-0.1, -0.05) is 12.0 Å². The number of nitriles is 1. The third-order valence-corrected chi connectivity index (χ3v) is 7.25. The van der Waals surface area contributed by atoms with Crippen LogP contribution in [0.2, 0.25) is 0 Å². The fraction of sp³-hybridized carbons (Fsp3) is 0.370. The molecular weight excluding hydrogens is 438 g/mol. The summed E-state index contributed by atoms with van der Waals surface area (Å²) in [6, 6.07) is 5.81. The quantitative estimate of drug-likeness (QED) is 0.591. The van der Waals surface area contributed by atoms with Crippen molar-refractivity contribution in [2.45, 2.75) is 45.1 Å². The van der Waals surface area contributed by atoms with E-state index in [1.54, 1.807) is 4.90 Å². The first kappa shape index (κ1) is 22.6. The van der Waals surface area contributed by atoms with Crippen molar-refractivity contribution in [3.8, 4) is 29.7 Å². The van der Waals surface area contributed by atoms with Crippen molar-refractivity contribution in [3.05, 3.63) is 41.5 Å². The molecule has 1 fully saturated rings. The summed E-state index contributed by atoms with van der Waals surface area (Å²) in [6.45, 7) is 2.61. The minimum absolute atomic E-state index is 0.0928. The van der Waals surface area contributed by atoms with Crippen LogP contribution in [-0.4, -0.2) is 42.9 Å². The number of nitrogens with two attached hydrogens (primary N) is 1. The van der Waals surface area contributed by atoms with Crippen LogP contribution in [0.3, 0.4) is 0 Å². The molecule has 8 nitrogen and oxygen atoms in total. The van der Waals surface area contributed by atoms with Crippen LogP contribution in [0.15, 0.2) is 24.5 Å². The molecule has 2 N–H and O–H groups in total.